The van der Waals surface area contributed by atoms with Gasteiger partial charge in [0.15, 0.2) is 0 Å². The summed E-state index contributed by atoms with van der Waals surface area (Å²) in [5.74, 6) is 0.0991. The second kappa shape index (κ2) is 6.76. The van der Waals surface area contributed by atoms with E-state index in [4.69, 9.17) is 10.5 Å². The highest BCUT2D eigenvalue weighted by atomic mass is 16.5. The highest BCUT2D eigenvalue weighted by molar-refractivity contribution is 5.78. The van der Waals surface area contributed by atoms with E-state index in [1.54, 1.807) is 7.11 Å². The second-order valence-corrected chi connectivity index (χ2v) is 3.90. The van der Waals surface area contributed by atoms with Gasteiger partial charge < -0.3 is 15.8 Å². The van der Waals surface area contributed by atoms with Crippen LogP contribution >= 0.6 is 0 Å². The van der Waals surface area contributed by atoms with Crippen molar-refractivity contribution in [1.82, 2.24) is 10.2 Å². The summed E-state index contributed by atoms with van der Waals surface area (Å²) < 4.78 is 4.98. The number of methoxy groups -OCH3 is 1. The van der Waals surface area contributed by atoms with Gasteiger partial charge in [0.2, 0.25) is 5.91 Å². The lowest BCUT2D eigenvalue weighted by Gasteiger charge is -2.20. The van der Waals surface area contributed by atoms with Gasteiger partial charge in [-0.2, -0.15) is 0 Å². The van der Waals surface area contributed by atoms with Gasteiger partial charge in [-0.1, -0.05) is 0 Å². The fourth-order valence-corrected chi connectivity index (χ4v) is 1.38. The molecule has 5 heteroatoms. The molecule has 0 aromatic rings. The van der Waals surface area contributed by atoms with Crippen molar-refractivity contribution < 1.29 is 9.53 Å². The van der Waals surface area contributed by atoms with Crippen molar-refractivity contribution in [3.63, 3.8) is 0 Å². The minimum absolute atomic E-state index is 0.0991. The van der Waals surface area contributed by atoms with Gasteiger partial charge in [0.05, 0.1) is 13.2 Å². The fourth-order valence-electron chi connectivity index (χ4n) is 1.38. The van der Waals surface area contributed by atoms with Crippen LogP contribution in [-0.4, -0.2) is 56.7 Å². The third-order valence-corrected chi connectivity index (χ3v) is 2.37. The molecule has 0 aromatic heterocycles. The molecule has 0 unspecified atom stereocenters. The first-order valence-electron chi connectivity index (χ1n) is 5.47. The van der Waals surface area contributed by atoms with E-state index in [0.717, 1.165) is 25.9 Å². The average Bonchev–Trinajstić information content (AvgIpc) is 2.98. The van der Waals surface area contributed by atoms with Crippen molar-refractivity contribution in [3.05, 3.63) is 0 Å². The topological polar surface area (TPSA) is 67.6 Å². The monoisotopic (exact) mass is 215 g/mol. The summed E-state index contributed by atoms with van der Waals surface area (Å²) in [6, 6.07) is 0.430. The lowest BCUT2D eigenvalue weighted by atomic mass is 10.4. The maximum absolute atomic E-state index is 11.5. The SMILES string of the molecule is COCCN(CCN)CC(=O)NC1CC1. The Hall–Kier alpha value is -0.650. The summed E-state index contributed by atoms with van der Waals surface area (Å²) in [6.07, 6.45) is 2.25. The molecule has 0 saturated heterocycles. The van der Waals surface area contributed by atoms with Crippen LogP contribution in [0.1, 0.15) is 12.8 Å². The van der Waals surface area contributed by atoms with E-state index >= 15 is 0 Å². The standard InChI is InChI=1S/C10H21N3O2/c1-15-7-6-13(5-4-11)8-10(14)12-9-2-3-9/h9H,2-8,11H2,1H3,(H,12,14). The predicted molar refractivity (Wildman–Crippen MR) is 58.5 cm³/mol. The number of hydrogen-bond donors (Lipinski definition) is 2. The molecular weight excluding hydrogens is 194 g/mol. The summed E-state index contributed by atoms with van der Waals surface area (Å²) in [6.45, 7) is 3.13. The average molecular weight is 215 g/mol. The molecule has 1 aliphatic rings. The Balaban J connectivity index is 2.18. The number of nitrogens with one attached hydrogen (secondary N) is 1. The van der Waals surface area contributed by atoms with Crippen LogP contribution in [0.2, 0.25) is 0 Å². The Morgan fingerprint density at radius 1 is 1.53 bits per heavy atom. The third-order valence-electron chi connectivity index (χ3n) is 2.37. The molecule has 1 fully saturated rings. The van der Waals surface area contributed by atoms with Crippen LogP contribution in [0.25, 0.3) is 0 Å². The molecule has 0 heterocycles. The van der Waals surface area contributed by atoms with Crippen LogP contribution in [0.15, 0.2) is 0 Å². The number of nitrogens with two attached hydrogens (primary N) is 1. The van der Waals surface area contributed by atoms with Gasteiger partial charge in [0.25, 0.3) is 0 Å². The van der Waals surface area contributed by atoms with Crippen molar-refractivity contribution in [3.8, 4) is 0 Å². The lowest BCUT2D eigenvalue weighted by Crippen LogP contribution is -2.41. The van der Waals surface area contributed by atoms with Gasteiger partial charge in [-0.15, -0.1) is 0 Å². The molecule has 0 aliphatic heterocycles. The smallest absolute Gasteiger partial charge is 0.234 e. The molecule has 3 N–H and O–H groups in total. The Morgan fingerprint density at radius 3 is 2.80 bits per heavy atom. The molecule has 15 heavy (non-hydrogen) atoms. The maximum Gasteiger partial charge on any atom is 0.234 e. The zero-order valence-electron chi connectivity index (χ0n) is 9.37. The maximum atomic E-state index is 11.5. The fraction of sp³-hybridized carbons (Fsp3) is 0.900. The molecule has 1 amide bonds. The largest absolute Gasteiger partial charge is 0.383 e. The zero-order valence-corrected chi connectivity index (χ0v) is 9.37. The molecule has 1 rings (SSSR count). The molecule has 0 bridgehead atoms. The Bertz CT molecular complexity index is 195. The van der Waals surface area contributed by atoms with Gasteiger partial charge in [-0.05, 0) is 12.8 Å². The van der Waals surface area contributed by atoms with Gasteiger partial charge in [0.1, 0.15) is 0 Å². The predicted octanol–water partition coefficient (Wildman–Crippen LogP) is -0.828. The molecule has 0 aromatic carbocycles. The van der Waals surface area contributed by atoms with Crippen molar-refractivity contribution in [2.45, 2.75) is 18.9 Å². The normalized spacial score (nSPS) is 15.7. The van der Waals surface area contributed by atoms with E-state index in [1.807, 2.05) is 4.90 Å². The third kappa shape index (κ3) is 5.71. The lowest BCUT2D eigenvalue weighted by molar-refractivity contribution is -0.122. The minimum atomic E-state index is 0.0991. The van der Waals surface area contributed by atoms with E-state index < -0.39 is 0 Å². The van der Waals surface area contributed by atoms with Crippen LogP contribution in [0.3, 0.4) is 0 Å². The Morgan fingerprint density at radius 2 is 2.27 bits per heavy atom. The van der Waals surface area contributed by atoms with Gasteiger partial charge in [-0.25, -0.2) is 0 Å². The molecule has 1 saturated carbocycles. The van der Waals surface area contributed by atoms with Gasteiger partial charge in [0, 0.05) is 32.8 Å². The summed E-state index contributed by atoms with van der Waals surface area (Å²) >= 11 is 0. The van der Waals surface area contributed by atoms with Crippen LogP contribution in [0.5, 0.6) is 0 Å². The molecular formula is C10H21N3O2. The minimum Gasteiger partial charge on any atom is -0.383 e. The quantitative estimate of drug-likeness (QED) is 0.555. The number of rotatable bonds is 8. The molecule has 5 nitrogen and oxygen atoms in total. The van der Waals surface area contributed by atoms with Gasteiger partial charge >= 0.3 is 0 Å². The van der Waals surface area contributed by atoms with Crippen molar-refractivity contribution in [1.29, 1.82) is 0 Å². The number of hydrogen-bond acceptors (Lipinski definition) is 4. The van der Waals surface area contributed by atoms with E-state index in [9.17, 15) is 4.79 Å². The zero-order chi connectivity index (χ0) is 11.1. The number of carbonyl (C=O) groups is 1. The van der Waals surface area contributed by atoms with Crippen LogP contribution < -0.4 is 11.1 Å². The van der Waals surface area contributed by atoms with E-state index in [2.05, 4.69) is 5.32 Å². The van der Waals surface area contributed by atoms with E-state index in [-0.39, 0.29) is 5.91 Å². The number of carbonyl (C=O) groups excluding carboxylic acids is 1. The van der Waals surface area contributed by atoms with E-state index in [0.29, 0.717) is 25.7 Å². The number of amides is 1. The second-order valence-electron chi connectivity index (χ2n) is 3.90. The molecule has 0 spiro atoms. The number of nitrogens with zero attached hydrogens (tertiary/aromatic N) is 1. The Labute approximate surface area is 90.9 Å². The molecule has 0 atom stereocenters. The summed E-state index contributed by atoms with van der Waals surface area (Å²) in [4.78, 5) is 13.5. The molecule has 1 aliphatic carbocycles. The van der Waals surface area contributed by atoms with Crippen LogP contribution in [0.4, 0.5) is 0 Å². The van der Waals surface area contributed by atoms with Crippen molar-refractivity contribution >= 4 is 5.91 Å². The number of ether oxygens (including phenoxy) is 1. The van der Waals surface area contributed by atoms with Crippen molar-refractivity contribution in [2.75, 3.05) is 39.9 Å². The first kappa shape index (κ1) is 12.4. The summed E-state index contributed by atoms with van der Waals surface area (Å²) in [5.41, 5.74) is 5.48. The summed E-state index contributed by atoms with van der Waals surface area (Å²) in [7, 11) is 1.66. The van der Waals surface area contributed by atoms with Crippen LogP contribution in [-0.2, 0) is 9.53 Å². The first-order chi connectivity index (χ1) is 7.26. The highest BCUT2D eigenvalue weighted by Gasteiger charge is 2.23. The molecule has 88 valence electrons. The van der Waals surface area contributed by atoms with E-state index in [1.165, 1.54) is 0 Å². The Kier molecular flexibility index (Phi) is 5.60. The van der Waals surface area contributed by atoms with Crippen LogP contribution in [0, 0.1) is 0 Å². The van der Waals surface area contributed by atoms with Gasteiger partial charge in [-0.3, -0.25) is 9.69 Å². The summed E-state index contributed by atoms with van der Waals surface area (Å²) in [5, 5.41) is 2.96. The highest BCUT2D eigenvalue weighted by Crippen LogP contribution is 2.18. The first-order valence-corrected chi connectivity index (χ1v) is 5.47. The van der Waals surface area contributed by atoms with Crippen molar-refractivity contribution in [2.24, 2.45) is 5.73 Å². The molecule has 0 radical (unpaired) electrons.